The van der Waals surface area contributed by atoms with E-state index in [0.717, 1.165) is 0 Å². The van der Waals surface area contributed by atoms with Crippen molar-refractivity contribution in [2.24, 2.45) is 0 Å². The van der Waals surface area contributed by atoms with Gasteiger partial charge in [-0.25, -0.2) is 22.5 Å². The number of hydrogen-bond donors (Lipinski definition) is 2. The first-order chi connectivity index (χ1) is 14.2. The molecule has 0 saturated carbocycles. The normalized spacial score (nSPS) is 11.6. The van der Waals surface area contributed by atoms with Gasteiger partial charge >= 0.3 is 0 Å². The van der Waals surface area contributed by atoms with Crippen LogP contribution in [-0.4, -0.2) is 29.9 Å². The van der Waals surface area contributed by atoms with Crippen LogP contribution < -0.4 is 10.0 Å². The number of sulfonamides is 1. The Morgan fingerprint density at radius 3 is 2.63 bits per heavy atom. The lowest BCUT2D eigenvalue weighted by molar-refractivity contribution is 0.0951. The molecule has 1 heterocycles. The lowest BCUT2D eigenvalue weighted by Gasteiger charge is -2.12. The first-order valence-electron chi connectivity index (χ1n) is 9.04. The summed E-state index contributed by atoms with van der Waals surface area (Å²) in [6.07, 6.45) is 4.65. The summed E-state index contributed by atoms with van der Waals surface area (Å²) >= 11 is 6.09. The average molecular weight is 451 g/mol. The van der Waals surface area contributed by atoms with Crippen molar-refractivity contribution in [1.82, 2.24) is 19.6 Å². The molecule has 30 heavy (non-hydrogen) atoms. The van der Waals surface area contributed by atoms with E-state index in [-0.39, 0.29) is 28.1 Å². The molecule has 0 fully saturated rings. The number of aromatic nitrogens is 2. The SMILES string of the molecule is CC(C)NS(=O)(=O)c1ccc(Cl)c(C(=O)NCc2ccc(-n3ccnc3)c(F)c2)c1. The number of hydrogen-bond acceptors (Lipinski definition) is 4. The fourth-order valence-corrected chi connectivity index (χ4v) is 4.25. The largest absolute Gasteiger partial charge is 0.348 e. The van der Waals surface area contributed by atoms with Gasteiger partial charge in [0.05, 0.1) is 27.5 Å². The molecule has 2 N–H and O–H groups in total. The highest BCUT2D eigenvalue weighted by molar-refractivity contribution is 7.89. The molecule has 158 valence electrons. The number of amides is 1. The van der Waals surface area contributed by atoms with Crippen molar-refractivity contribution in [2.45, 2.75) is 31.3 Å². The molecule has 0 radical (unpaired) electrons. The highest BCUT2D eigenvalue weighted by Gasteiger charge is 2.19. The van der Waals surface area contributed by atoms with Crippen LogP contribution in [-0.2, 0) is 16.6 Å². The van der Waals surface area contributed by atoms with Crippen LogP contribution in [0, 0.1) is 5.82 Å². The topological polar surface area (TPSA) is 93.1 Å². The standard InChI is InChI=1S/C20H20ClFN4O3S/c1-13(2)25-30(28,29)15-4-5-17(21)16(10-15)20(27)24-11-14-3-6-19(18(22)9-14)26-8-7-23-12-26/h3-10,12-13,25H,11H2,1-2H3,(H,24,27). The van der Waals surface area contributed by atoms with Gasteiger partial charge in [0.25, 0.3) is 5.91 Å². The van der Waals surface area contributed by atoms with Crippen LogP contribution in [0.5, 0.6) is 0 Å². The van der Waals surface area contributed by atoms with E-state index in [0.29, 0.717) is 11.3 Å². The molecule has 0 atom stereocenters. The Morgan fingerprint density at radius 2 is 2.00 bits per heavy atom. The van der Waals surface area contributed by atoms with Gasteiger partial charge in [-0.3, -0.25) is 4.79 Å². The minimum absolute atomic E-state index is 0.0128. The van der Waals surface area contributed by atoms with E-state index in [9.17, 15) is 17.6 Å². The maximum Gasteiger partial charge on any atom is 0.253 e. The van der Waals surface area contributed by atoms with E-state index in [1.54, 1.807) is 38.4 Å². The van der Waals surface area contributed by atoms with Crippen molar-refractivity contribution in [2.75, 3.05) is 0 Å². The monoisotopic (exact) mass is 450 g/mol. The van der Waals surface area contributed by atoms with Gasteiger partial charge in [-0.05, 0) is 49.7 Å². The van der Waals surface area contributed by atoms with Gasteiger partial charge < -0.3 is 9.88 Å². The Hall–Kier alpha value is -2.75. The van der Waals surface area contributed by atoms with Gasteiger partial charge in [0.1, 0.15) is 5.82 Å². The van der Waals surface area contributed by atoms with E-state index < -0.39 is 21.7 Å². The zero-order chi connectivity index (χ0) is 21.9. The van der Waals surface area contributed by atoms with Crippen LogP contribution >= 0.6 is 11.6 Å². The fraction of sp³-hybridized carbons (Fsp3) is 0.200. The summed E-state index contributed by atoms with van der Waals surface area (Å²) in [5.74, 6) is -1.04. The third kappa shape index (κ3) is 5.05. The molecule has 1 amide bonds. The summed E-state index contributed by atoms with van der Waals surface area (Å²) in [5.41, 5.74) is 0.881. The summed E-state index contributed by atoms with van der Waals surface area (Å²) in [5, 5.41) is 2.74. The zero-order valence-electron chi connectivity index (χ0n) is 16.3. The van der Waals surface area contributed by atoms with Crippen molar-refractivity contribution >= 4 is 27.5 Å². The maximum absolute atomic E-state index is 14.4. The highest BCUT2D eigenvalue weighted by Crippen LogP contribution is 2.21. The first kappa shape index (κ1) is 21.9. The van der Waals surface area contributed by atoms with Crippen LogP contribution in [0.25, 0.3) is 5.69 Å². The van der Waals surface area contributed by atoms with Gasteiger partial charge in [-0.2, -0.15) is 0 Å². The molecule has 3 rings (SSSR count). The Morgan fingerprint density at radius 1 is 1.23 bits per heavy atom. The Kier molecular flexibility index (Phi) is 6.55. The second-order valence-electron chi connectivity index (χ2n) is 6.86. The Balaban J connectivity index is 1.75. The number of carbonyl (C=O) groups excluding carboxylic acids is 1. The molecule has 7 nitrogen and oxygen atoms in total. The predicted molar refractivity (Wildman–Crippen MR) is 112 cm³/mol. The summed E-state index contributed by atoms with van der Waals surface area (Å²) in [6, 6.07) is 8.15. The zero-order valence-corrected chi connectivity index (χ0v) is 17.8. The number of halogens is 2. The van der Waals surface area contributed by atoms with Gasteiger partial charge in [-0.1, -0.05) is 17.7 Å². The van der Waals surface area contributed by atoms with Crippen molar-refractivity contribution < 1.29 is 17.6 Å². The Bertz CT molecular complexity index is 1160. The summed E-state index contributed by atoms with van der Waals surface area (Å²) in [7, 11) is -3.78. The lowest BCUT2D eigenvalue weighted by atomic mass is 10.1. The van der Waals surface area contributed by atoms with E-state index in [1.165, 1.54) is 35.2 Å². The minimum atomic E-state index is -3.78. The van der Waals surface area contributed by atoms with E-state index in [2.05, 4.69) is 15.0 Å². The van der Waals surface area contributed by atoms with Crippen LogP contribution in [0.1, 0.15) is 29.8 Å². The Labute approximate surface area is 178 Å². The molecule has 10 heteroatoms. The molecular weight excluding hydrogens is 431 g/mol. The lowest BCUT2D eigenvalue weighted by Crippen LogP contribution is -2.30. The molecule has 0 aliphatic carbocycles. The van der Waals surface area contributed by atoms with Crippen LogP contribution in [0.4, 0.5) is 4.39 Å². The van der Waals surface area contributed by atoms with Crippen molar-refractivity contribution in [3.8, 4) is 5.69 Å². The van der Waals surface area contributed by atoms with Gasteiger partial charge in [0.2, 0.25) is 10.0 Å². The second-order valence-corrected chi connectivity index (χ2v) is 8.98. The number of imidazole rings is 1. The third-order valence-corrected chi connectivity index (χ3v) is 6.12. The molecule has 0 bridgehead atoms. The minimum Gasteiger partial charge on any atom is -0.348 e. The highest BCUT2D eigenvalue weighted by atomic mass is 35.5. The average Bonchev–Trinajstić information content (AvgIpc) is 3.19. The van der Waals surface area contributed by atoms with E-state index >= 15 is 0 Å². The third-order valence-electron chi connectivity index (χ3n) is 4.13. The van der Waals surface area contributed by atoms with Crippen molar-refractivity contribution in [3.63, 3.8) is 0 Å². The quantitative estimate of drug-likeness (QED) is 0.577. The molecule has 1 aromatic heterocycles. The summed E-state index contributed by atoms with van der Waals surface area (Å²) in [6.45, 7) is 3.42. The van der Waals surface area contributed by atoms with Crippen molar-refractivity contribution in [1.29, 1.82) is 0 Å². The molecule has 0 unspecified atom stereocenters. The van der Waals surface area contributed by atoms with Gasteiger partial charge in [0.15, 0.2) is 0 Å². The molecule has 0 saturated heterocycles. The summed E-state index contributed by atoms with van der Waals surface area (Å²) < 4.78 is 43.0. The van der Waals surface area contributed by atoms with E-state index in [1.807, 2.05) is 0 Å². The predicted octanol–water partition coefficient (Wildman–Crippen LogP) is 3.28. The summed E-state index contributed by atoms with van der Waals surface area (Å²) in [4.78, 5) is 16.4. The number of rotatable bonds is 7. The van der Waals surface area contributed by atoms with Crippen LogP contribution in [0.3, 0.4) is 0 Å². The van der Waals surface area contributed by atoms with Crippen LogP contribution in [0.15, 0.2) is 60.0 Å². The second kappa shape index (κ2) is 8.95. The molecule has 0 spiro atoms. The first-order valence-corrected chi connectivity index (χ1v) is 10.9. The molecule has 0 aliphatic heterocycles. The molecular formula is C20H20ClFN4O3S. The molecule has 3 aromatic rings. The number of carbonyl (C=O) groups is 1. The number of nitrogens with zero attached hydrogens (tertiary/aromatic N) is 2. The number of benzene rings is 2. The van der Waals surface area contributed by atoms with Crippen LogP contribution in [0.2, 0.25) is 5.02 Å². The van der Waals surface area contributed by atoms with E-state index in [4.69, 9.17) is 11.6 Å². The maximum atomic E-state index is 14.4. The van der Waals surface area contributed by atoms with Gasteiger partial charge in [0, 0.05) is 25.0 Å². The molecule has 0 aliphatic rings. The van der Waals surface area contributed by atoms with Gasteiger partial charge in [-0.15, -0.1) is 0 Å². The van der Waals surface area contributed by atoms with Crippen molar-refractivity contribution in [3.05, 3.63) is 77.1 Å². The fourth-order valence-electron chi connectivity index (χ4n) is 2.77. The smallest absolute Gasteiger partial charge is 0.253 e. The molecule has 2 aromatic carbocycles. The number of nitrogens with one attached hydrogen (secondary N) is 2.